The van der Waals surface area contributed by atoms with Crippen molar-refractivity contribution in [2.24, 2.45) is 5.73 Å². The number of hydrogen-bond donors (Lipinski definition) is 2. The molecular formula is C6H8BrNO2. The summed E-state index contributed by atoms with van der Waals surface area (Å²) in [4.78, 5) is 0. The third kappa shape index (κ3) is 1.67. The van der Waals surface area contributed by atoms with E-state index in [9.17, 15) is 0 Å². The second kappa shape index (κ2) is 2.96. The van der Waals surface area contributed by atoms with E-state index >= 15 is 0 Å². The third-order valence-electron chi connectivity index (χ3n) is 1.09. The molecule has 0 bridgehead atoms. The van der Waals surface area contributed by atoms with Crippen LogP contribution < -0.4 is 5.73 Å². The van der Waals surface area contributed by atoms with Crippen molar-refractivity contribution in [2.45, 2.75) is 6.10 Å². The van der Waals surface area contributed by atoms with Crippen molar-refractivity contribution in [1.29, 1.82) is 0 Å². The first-order valence-corrected chi connectivity index (χ1v) is 3.95. The molecule has 1 unspecified atom stereocenters. The van der Waals surface area contributed by atoms with Crippen LogP contribution in [0.25, 0.3) is 0 Å². The van der Waals surface area contributed by atoms with Gasteiger partial charge in [0.2, 0.25) is 0 Å². The first-order chi connectivity index (χ1) is 4.72. The number of aliphatic hydroxyl groups excluding tert-OH is 1. The van der Waals surface area contributed by atoms with E-state index in [1.165, 1.54) is 6.08 Å². The SMILES string of the molecule is NC1=CC(CBr)OC(O)=C1. The van der Waals surface area contributed by atoms with Crippen molar-refractivity contribution < 1.29 is 9.84 Å². The normalized spacial score (nSPS) is 24.7. The molecule has 10 heavy (non-hydrogen) atoms. The van der Waals surface area contributed by atoms with Gasteiger partial charge in [-0.1, -0.05) is 15.9 Å². The number of halogens is 1. The van der Waals surface area contributed by atoms with Gasteiger partial charge in [0, 0.05) is 17.1 Å². The molecule has 0 aliphatic carbocycles. The summed E-state index contributed by atoms with van der Waals surface area (Å²) in [6.45, 7) is 0. The molecule has 0 aromatic heterocycles. The Bertz CT molecular complexity index is 188. The molecule has 56 valence electrons. The van der Waals surface area contributed by atoms with Crippen LogP contribution in [0.5, 0.6) is 0 Å². The smallest absolute Gasteiger partial charge is 0.279 e. The Morgan fingerprint density at radius 2 is 2.50 bits per heavy atom. The van der Waals surface area contributed by atoms with Gasteiger partial charge in [0.15, 0.2) is 0 Å². The van der Waals surface area contributed by atoms with E-state index in [1.807, 2.05) is 0 Å². The van der Waals surface area contributed by atoms with Gasteiger partial charge in [-0.05, 0) is 6.08 Å². The van der Waals surface area contributed by atoms with E-state index < -0.39 is 0 Å². The zero-order valence-corrected chi connectivity index (χ0v) is 6.84. The van der Waals surface area contributed by atoms with Crippen molar-refractivity contribution in [3.05, 3.63) is 23.8 Å². The molecule has 0 fully saturated rings. The van der Waals surface area contributed by atoms with Gasteiger partial charge in [-0.3, -0.25) is 0 Å². The summed E-state index contributed by atoms with van der Waals surface area (Å²) in [7, 11) is 0. The fourth-order valence-corrected chi connectivity index (χ4v) is 1.02. The minimum Gasteiger partial charge on any atom is -0.481 e. The minimum absolute atomic E-state index is 0.121. The van der Waals surface area contributed by atoms with Gasteiger partial charge in [-0.15, -0.1) is 0 Å². The van der Waals surface area contributed by atoms with Crippen molar-refractivity contribution in [1.82, 2.24) is 0 Å². The maximum Gasteiger partial charge on any atom is 0.279 e. The van der Waals surface area contributed by atoms with Crippen molar-refractivity contribution in [3.63, 3.8) is 0 Å². The summed E-state index contributed by atoms with van der Waals surface area (Å²) in [6.07, 6.45) is 2.96. The van der Waals surface area contributed by atoms with Gasteiger partial charge >= 0.3 is 0 Å². The van der Waals surface area contributed by atoms with Gasteiger partial charge < -0.3 is 15.6 Å². The summed E-state index contributed by atoms with van der Waals surface area (Å²) >= 11 is 3.20. The molecule has 0 amide bonds. The summed E-state index contributed by atoms with van der Waals surface area (Å²) in [5.74, 6) is -0.121. The van der Waals surface area contributed by atoms with Crippen molar-refractivity contribution in [3.8, 4) is 0 Å². The van der Waals surface area contributed by atoms with E-state index in [0.29, 0.717) is 11.0 Å². The molecule has 3 nitrogen and oxygen atoms in total. The van der Waals surface area contributed by atoms with Crippen LogP contribution in [-0.2, 0) is 4.74 Å². The highest BCUT2D eigenvalue weighted by atomic mass is 79.9. The molecule has 3 N–H and O–H groups in total. The average Bonchev–Trinajstić information content (AvgIpc) is 1.85. The fourth-order valence-electron chi connectivity index (χ4n) is 0.705. The lowest BCUT2D eigenvalue weighted by Gasteiger charge is -2.16. The van der Waals surface area contributed by atoms with E-state index in [2.05, 4.69) is 15.9 Å². The van der Waals surface area contributed by atoms with Gasteiger partial charge in [0.05, 0.1) is 0 Å². The minimum atomic E-state index is -0.148. The molecule has 0 radical (unpaired) electrons. The lowest BCUT2D eigenvalue weighted by molar-refractivity contribution is 0.0643. The zero-order chi connectivity index (χ0) is 7.56. The lowest BCUT2D eigenvalue weighted by Crippen LogP contribution is -2.17. The highest BCUT2D eigenvalue weighted by Crippen LogP contribution is 2.12. The number of rotatable bonds is 1. The topological polar surface area (TPSA) is 55.5 Å². The van der Waals surface area contributed by atoms with E-state index in [0.717, 1.165) is 0 Å². The molecule has 1 aliphatic heterocycles. The summed E-state index contributed by atoms with van der Waals surface area (Å²) in [5.41, 5.74) is 5.95. The monoisotopic (exact) mass is 205 g/mol. The summed E-state index contributed by atoms with van der Waals surface area (Å²) in [5, 5.41) is 9.51. The maximum atomic E-state index is 8.88. The number of aliphatic hydroxyl groups is 1. The predicted octanol–water partition coefficient (Wildman–Crippen LogP) is 1.02. The Morgan fingerprint density at radius 1 is 1.80 bits per heavy atom. The Hall–Kier alpha value is -0.640. The van der Waals surface area contributed by atoms with E-state index in [1.54, 1.807) is 6.08 Å². The van der Waals surface area contributed by atoms with Gasteiger partial charge in [0.25, 0.3) is 5.95 Å². The highest BCUT2D eigenvalue weighted by Gasteiger charge is 2.11. The molecule has 0 aromatic carbocycles. The third-order valence-corrected chi connectivity index (χ3v) is 1.73. The van der Waals surface area contributed by atoms with Crippen LogP contribution in [0.1, 0.15) is 0 Å². The second-order valence-electron chi connectivity index (χ2n) is 1.96. The van der Waals surface area contributed by atoms with Crippen LogP contribution in [0.2, 0.25) is 0 Å². The Balaban J connectivity index is 2.67. The molecule has 4 heteroatoms. The maximum absolute atomic E-state index is 8.88. The number of nitrogens with two attached hydrogens (primary N) is 1. The van der Waals surface area contributed by atoms with Crippen LogP contribution in [0, 0.1) is 0 Å². The number of ether oxygens (including phenoxy) is 1. The molecule has 0 aromatic rings. The molecular weight excluding hydrogens is 198 g/mol. The molecule has 1 atom stereocenters. The Labute approximate surface area is 67.3 Å². The van der Waals surface area contributed by atoms with E-state index in [4.69, 9.17) is 15.6 Å². The summed E-state index contributed by atoms with van der Waals surface area (Å²) < 4.78 is 4.92. The fraction of sp³-hybridized carbons (Fsp3) is 0.333. The van der Waals surface area contributed by atoms with Crippen molar-refractivity contribution >= 4 is 15.9 Å². The Morgan fingerprint density at radius 3 is 3.00 bits per heavy atom. The average molecular weight is 206 g/mol. The van der Waals surface area contributed by atoms with Crippen LogP contribution in [0.15, 0.2) is 23.8 Å². The summed E-state index contributed by atoms with van der Waals surface area (Å²) in [6, 6.07) is 0. The standard InChI is InChI=1S/C6H8BrNO2/c7-3-5-1-4(8)2-6(9)10-5/h1-2,5,9H,3,8H2. The predicted molar refractivity (Wildman–Crippen MR) is 41.6 cm³/mol. The van der Waals surface area contributed by atoms with E-state index in [-0.39, 0.29) is 12.0 Å². The van der Waals surface area contributed by atoms with Crippen molar-refractivity contribution in [2.75, 3.05) is 5.33 Å². The largest absolute Gasteiger partial charge is 0.481 e. The number of allylic oxidation sites excluding steroid dienone is 1. The highest BCUT2D eigenvalue weighted by molar-refractivity contribution is 9.09. The van der Waals surface area contributed by atoms with Crippen LogP contribution in [-0.4, -0.2) is 16.5 Å². The number of hydrogen-bond acceptors (Lipinski definition) is 3. The number of alkyl halides is 1. The zero-order valence-electron chi connectivity index (χ0n) is 5.25. The van der Waals surface area contributed by atoms with Crippen LogP contribution in [0.3, 0.4) is 0 Å². The lowest BCUT2D eigenvalue weighted by atomic mass is 10.2. The molecule has 1 heterocycles. The molecule has 0 saturated heterocycles. The van der Waals surface area contributed by atoms with Gasteiger partial charge in [-0.25, -0.2) is 0 Å². The van der Waals surface area contributed by atoms with Gasteiger partial charge in [-0.2, -0.15) is 0 Å². The van der Waals surface area contributed by atoms with Gasteiger partial charge in [0.1, 0.15) is 6.10 Å². The quantitative estimate of drug-likeness (QED) is 0.629. The molecule has 0 saturated carbocycles. The second-order valence-corrected chi connectivity index (χ2v) is 2.61. The first kappa shape index (κ1) is 7.47. The van der Waals surface area contributed by atoms with Crippen LogP contribution >= 0.6 is 15.9 Å². The molecule has 0 spiro atoms. The first-order valence-electron chi connectivity index (χ1n) is 2.83. The Kier molecular flexibility index (Phi) is 2.21. The molecule has 1 rings (SSSR count). The molecule has 1 aliphatic rings. The van der Waals surface area contributed by atoms with Crippen LogP contribution in [0.4, 0.5) is 0 Å².